The molecule has 0 bridgehead atoms. The monoisotopic (exact) mass is 389 g/mol. The third-order valence-corrected chi connectivity index (χ3v) is 4.43. The van der Waals surface area contributed by atoms with E-state index >= 15 is 0 Å². The summed E-state index contributed by atoms with van der Waals surface area (Å²) < 4.78 is 16.9. The van der Waals surface area contributed by atoms with Crippen LogP contribution >= 0.6 is 0 Å². The molecular weight excluding hydrogens is 370 g/mol. The molecule has 4 aromatic rings. The lowest BCUT2D eigenvalue weighted by atomic mass is 10.1. The molecular formula is C23H19NO5. The molecule has 0 spiro atoms. The first-order valence-corrected chi connectivity index (χ1v) is 9.16. The second-order valence-electron chi connectivity index (χ2n) is 6.62. The molecule has 6 heteroatoms. The molecule has 0 aliphatic heterocycles. The van der Waals surface area contributed by atoms with Crippen LogP contribution in [0.1, 0.15) is 11.1 Å². The lowest BCUT2D eigenvalue weighted by Gasteiger charge is -2.11. The Morgan fingerprint density at radius 1 is 1.07 bits per heavy atom. The van der Waals surface area contributed by atoms with Crippen LogP contribution < -0.4 is 15.5 Å². The van der Waals surface area contributed by atoms with Gasteiger partial charge in [0.2, 0.25) is 16.9 Å². The van der Waals surface area contributed by atoms with Crippen molar-refractivity contribution in [1.82, 2.24) is 5.32 Å². The first-order chi connectivity index (χ1) is 14.1. The Labute approximate surface area is 166 Å². The largest absolute Gasteiger partial charge is 0.476 e. The summed E-state index contributed by atoms with van der Waals surface area (Å²) >= 11 is 0. The number of hydrogen-bond acceptors (Lipinski definition) is 5. The minimum absolute atomic E-state index is 0.0482. The number of amides is 1. The quantitative estimate of drug-likeness (QED) is 0.538. The highest BCUT2D eigenvalue weighted by Gasteiger charge is 2.20. The SMILES string of the molecule is Cc1ccc2oc(-c3ccco3)c(OCC(=O)NCc3ccccc3)c(=O)c2c1. The van der Waals surface area contributed by atoms with E-state index in [1.54, 1.807) is 24.3 Å². The first-order valence-electron chi connectivity index (χ1n) is 9.16. The fraction of sp³-hybridized carbons (Fsp3) is 0.130. The average Bonchev–Trinajstić information content (AvgIpc) is 3.27. The number of aryl methyl sites for hydroxylation is 1. The fourth-order valence-corrected chi connectivity index (χ4v) is 2.98. The highest BCUT2D eigenvalue weighted by atomic mass is 16.5. The number of ether oxygens (including phenoxy) is 1. The predicted molar refractivity (Wildman–Crippen MR) is 109 cm³/mol. The zero-order chi connectivity index (χ0) is 20.2. The Hall–Kier alpha value is -3.80. The normalized spacial score (nSPS) is 10.8. The van der Waals surface area contributed by atoms with Gasteiger partial charge in [-0.15, -0.1) is 0 Å². The molecule has 4 rings (SSSR count). The van der Waals surface area contributed by atoms with Gasteiger partial charge in [-0.25, -0.2) is 0 Å². The van der Waals surface area contributed by atoms with Crippen molar-refractivity contribution in [3.63, 3.8) is 0 Å². The maximum absolute atomic E-state index is 13.0. The smallest absolute Gasteiger partial charge is 0.258 e. The molecule has 0 saturated heterocycles. The maximum atomic E-state index is 13.0. The summed E-state index contributed by atoms with van der Waals surface area (Å²) in [6, 6.07) is 18.2. The second kappa shape index (κ2) is 8.06. The van der Waals surface area contributed by atoms with Crippen LogP contribution in [0.5, 0.6) is 5.75 Å². The summed E-state index contributed by atoms with van der Waals surface area (Å²) in [5.74, 6) is 0.118. The van der Waals surface area contributed by atoms with E-state index in [4.69, 9.17) is 13.6 Å². The van der Waals surface area contributed by atoms with E-state index in [0.29, 0.717) is 23.3 Å². The number of carbonyl (C=O) groups excluding carboxylic acids is 1. The van der Waals surface area contributed by atoms with Gasteiger partial charge in [-0.2, -0.15) is 0 Å². The number of rotatable bonds is 6. The predicted octanol–water partition coefficient (Wildman–Crippen LogP) is 4.06. The molecule has 0 aliphatic rings. The molecule has 0 fully saturated rings. The van der Waals surface area contributed by atoms with E-state index in [9.17, 15) is 9.59 Å². The Kier molecular flexibility index (Phi) is 5.16. The Balaban J connectivity index is 1.60. The molecule has 0 saturated carbocycles. The van der Waals surface area contributed by atoms with Gasteiger partial charge in [-0.05, 0) is 36.8 Å². The Bertz CT molecular complexity index is 1190. The summed E-state index contributed by atoms with van der Waals surface area (Å²) in [5.41, 5.74) is 1.96. The fourth-order valence-electron chi connectivity index (χ4n) is 2.98. The number of benzene rings is 2. The molecule has 1 amide bonds. The van der Waals surface area contributed by atoms with Gasteiger partial charge in [0, 0.05) is 6.54 Å². The summed E-state index contributed by atoms with van der Waals surface area (Å²) in [7, 11) is 0. The summed E-state index contributed by atoms with van der Waals surface area (Å²) in [5, 5.41) is 3.16. The summed E-state index contributed by atoms with van der Waals surface area (Å²) in [6.07, 6.45) is 1.48. The van der Waals surface area contributed by atoms with Crippen molar-refractivity contribution in [2.45, 2.75) is 13.5 Å². The van der Waals surface area contributed by atoms with Crippen LogP contribution in [-0.4, -0.2) is 12.5 Å². The van der Waals surface area contributed by atoms with Gasteiger partial charge in [0.15, 0.2) is 12.4 Å². The highest BCUT2D eigenvalue weighted by Crippen LogP contribution is 2.31. The van der Waals surface area contributed by atoms with Crippen molar-refractivity contribution in [2.24, 2.45) is 0 Å². The third-order valence-electron chi connectivity index (χ3n) is 4.43. The zero-order valence-electron chi connectivity index (χ0n) is 15.8. The molecule has 29 heavy (non-hydrogen) atoms. The van der Waals surface area contributed by atoms with E-state index in [0.717, 1.165) is 11.1 Å². The summed E-state index contributed by atoms with van der Waals surface area (Å²) in [4.78, 5) is 25.3. The molecule has 146 valence electrons. The second-order valence-corrected chi connectivity index (χ2v) is 6.62. The lowest BCUT2D eigenvalue weighted by Crippen LogP contribution is -2.29. The minimum Gasteiger partial charge on any atom is -0.476 e. The number of fused-ring (bicyclic) bond motifs is 1. The van der Waals surface area contributed by atoms with Gasteiger partial charge in [0.25, 0.3) is 5.91 Å². The molecule has 0 unspecified atom stereocenters. The summed E-state index contributed by atoms with van der Waals surface area (Å²) in [6.45, 7) is 1.94. The number of carbonyl (C=O) groups is 1. The molecule has 0 radical (unpaired) electrons. The van der Waals surface area contributed by atoms with Crippen molar-refractivity contribution in [2.75, 3.05) is 6.61 Å². The number of furan rings is 1. The van der Waals surface area contributed by atoms with Crippen LogP contribution in [-0.2, 0) is 11.3 Å². The van der Waals surface area contributed by atoms with E-state index in [2.05, 4.69) is 5.32 Å². The van der Waals surface area contributed by atoms with Crippen molar-refractivity contribution >= 4 is 16.9 Å². The van der Waals surface area contributed by atoms with E-state index in [-0.39, 0.29) is 29.5 Å². The van der Waals surface area contributed by atoms with Crippen molar-refractivity contribution in [3.05, 3.63) is 88.3 Å². The van der Waals surface area contributed by atoms with E-state index in [1.807, 2.05) is 43.3 Å². The van der Waals surface area contributed by atoms with Crippen molar-refractivity contribution in [3.8, 4) is 17.3 Å². The van der Waals surface area contributed by atoms with E-state index in [1.165, 1.54) is 6.26 Å². The van der Waals surface area contributed by atoms with Crippen LogP contribution in [0.2, 0.25) is 0 Å². The van der Waals surface area contributed by atoms with Gasteiger partial charge in [0.05, 0.1) is 11.6 Å². The van der Waals surface area contributed by atoms with Crippen LogP contribution in [0.3, 0.4) is 0 Å². The van der Waals surface area contributed by atoms with Gasteiger partial charge < -0.3 is 18.9 Å². The zero-order valence-corrected chi connectivity index (χ0v) is 15.8. The molecule has 1 N–H and O–H groups in total. The van der Waals surface area contributed by atoms with Gasteiger partial charge >= 0.3 is 0 Å². The minimum atomic E-state index is -0.350. The standard InChI is InChI=1S/C23H19NO5/c1-15-9-10-18-17(12-15)21(26)23(22(29-18)19-8-5-11-27-19)28-14-20(25)24-13-16-6-3-2-4-7-16/h2-12H,13-14H2,1H3,(H,24,25). The molecule has 2 aromatic heterocycles. The van der Waals surface area contributed by atoms with Gasteiger partial charge in [-0.3, -0.25) is 9.59 Å². The van der Waals surface area contributed by atoms with Crippen LogP contribution in [0, 0.1) is 6.92 Å². The van der Waals surface area contributed by atoms with E-state index < -0.39 is 0 Å². The first kappa shape index (κ1) is 18.6. The van der Waals surface area contributed by atoms with Crippen molar-refractivity contribution in [1.29, 1.82) is 0 Å². The van der Waals surface area contributed by atoms with Crippen LogP contribution in [0.4, 0.5) is 0 Å². The number of nitrogens with one attached hydrogen (secondary N) is 1. The van der Waals surface area contributed by atoms with Gasteiger partial charge in [-0.1, -0.05) is 42.0 Å². The number of hydrogen-bond donors (Lipinski definition) is 1. The molecule has 2 aromatic carbocycles. The van der Waals surface area contributed by atoms with Crippen molar-refractivity contribution < 1.29 is 18.4 Å². The molecule has 2 heterocycles. The average molecular weight is 389 g/mol. The van der Waals surface area contributed by atoms with Crippen LogP contribution in [0.15, 0.2) is 80.6 Å². The maximum Gasteiger partial charge on any atom is 0.258 e. The van der Waals surface area contributed by atoms with Gasteiger partial charge in [0.1, 0.15) is 5.58 Å². The third kappa shape index (κ3) is 4.06. The topological polar surface area (TPSA) is 81.7 Å². The van der Waals surface area contributed by atoms with Crippen LogP contribution in [0.25, 0.3) is 22.5 Å². The molecule has 0 aliphatic carbocycles. The highest BCUT2D eigenvalue weighted by molar-refractivity contribution is 5.82. The Morgan fingerprint density at radius 3 is 2.66 bits per heavy atom. The molecule has 0 atom stereocenters. The molecule has 6 nitrogen and oxygen atoms in total. The lowest BCUT2D eigenvalue weighted by molar-refractivity contribution is -0.123. The Morgan fingerprint density at radius 2 is 1.90 bits per heavy atom.